The highest BCUT2D eigenvalue weighted by atomic mass is 16.5. The van der Waals surface area contributed by atoms with E-state index >= 15 is 0 Å². The molecule has 4 nitrogen and oxygen atoms in total. The van der Waals surface area contributed by atoms with Crippen LogP contribution >= 0.6 is 0 Å². The quantitative estimate of drug-likeness (QED) is 0.687. The molecule has 1 aromatic carbocycles. The van der Waals surface area contributed by atoms with Gasteiger partial charge in [0.15, 0.2) is 0 Å². The highest BCUT2D eigenvalue weighted by Crippen LogP contribution is 2.11. The first-order chi connectivity index (χ1) is 7.68. The van der Waals surface area contributed by atoms with E-state index in [0.717, 1.165) is 11.3 Å². The van der Waals surface area contributed by atoms with E-state index in [1.165, 1.54) is 0 Å². The van der Waals surface area contributed by atoms with E-state index in [1.807, 2.05) is 31.2 Å². The molecule has 1 rings (SSSR count). The highest BCUT2D eigenvalue weighted by molar-refractivity contribution is 5.66. The Morgan fingerprint density at radius 2 is 2.25 bits per heavy atom. The standard InChI is InChI=1S/C12H17NO3/c1-10-3-2-4-11(9-10)16-8-7-13-6-5-12(14)15/h2-4,9,13H,5-8H2,1H3,(H,14,15). The van der Waals surface area contributed by atoms with Crippen molar-refractivity contribution in [3.05, 3.63) is 29.8 Å². The molecular weight excluding hydrogens is 206 g/mol. The van der Waals surface area contributed by atoms with Crippen LogP contribution < -0.4 is 10.1 Å². The average molecular weight is 223 g/mol. The third-order valence-electron chi connectivity index (χ3n) is 2.05. The van der Waals surface area contributed by atoms with Crippen molar-refractivity contribution in [3.63, 3.8) is 0 Å². The molecule has 0 atom stereocenters. The highest BCUT2D eigenvalue weighted by Gasteiger charge is 1.96. The molecule has 0 spiro atoms. The van der Waals surface area contributed by atoms with Crippen molar-refractivity contribution in [3.8, 4) is 5.75 Å². The average Bonchev–Trinajstić information content (AvgIpc) is 2.23. The van der Waals surface area contributed by atoms with Gasteiger partial charge in [-0.3, -0.25) is 4.79 Å². The van der Waals surface area contributed by atoms with E-state index in [2.05, 4.69) is 5.32 Å². The maximum absolute atomic E-state index is 10.2. The largest absolute Gasteiger partial charge is 0.492 e. The molecule has 4 heteroatoms. The van der Waals surface area contributed by atoms with Crippen LogP contribution in [0.4, 0.5) is 0 Å². The number of aryl methyl sites for hydroxylation is 1. The summed E-state index contributed by atoms with van der Waals surface area (Å²) in [5.74, 6) is 0.0622. The predicted molar refractivity (Wildman–Crippen MR) is 61.8 cm³/mol. The van der Waals surface area contributed by atoms with Gasteiger partial charge in [0.1, 0.15) is 12.4 Å². The minimum absolute atomic E-state index is 0.143. The summed E-state index contributed by atoms with van der Waals surface area (Å²) >= 11 is 0. The number of carbonyl (C=O) groups is 1. The second-order valence-electron chi connectivity index (χ2n) is 3.56. The molecule has 2 N–H and O–H groups in total. The summed E-state index contributed by atoms with van der Waals surface area (Å²) in [5.41, 5.74) is 1.16. The molecule has 0 heterocycles. The number of aliphatic carboxylic acids is 1. The van der Waals surface area contributed by atoms with Crippen LogP contribution in [-0.2, 0) is 4.79 Å². The van der Waals surface area contributed by atoms with Gasteiger partial charge in [-0.2, -0.15) is 0 Å². The summed E-state index contributed by atoms with van der Waals surface area (Å²) in [4.78, 5) is 10.2. The van der Waals surface area contributed by atoms with E-state index in [4.69, 9.17) is 9.84 Å². The first kappa shape index (κ1) is 12.5. The zero-order valence-corrected chi connectivity index (χ0v) is 9.40. The van der Waals surface area contributed by atoms with Gasteiger partial charge in [0, 0.05) is 13.1 Å². The summed E-state index contributed by atoms with van der Waals surface area (Å²) in [5, 5.41) is 11.4. The fourth-order valence-corrected chi connectivity index (χ4v) is 1.27. The number of hydrogen-bond acceptors (Lipinski definition) is 3. The van der Waals surface area contributed by atoms with Gasteiger partial charge >= 0.3 is 5.97 Å². The third kappa shape index (κ3) is 5.36. The smallest absolute Gasteiger partial charge is 0.304 e. The van der Waals surface area contributed by atoms with Crippen molar-refractivity contribution >= 4 is 5.97 Å². The molecule has 0 aliphatic carbocycles. The molecule has 0 aliphatic rings. The number of carboxylic acid groups (broad SMARTS) is 1. The lowest BCUT2D eigenvalue weighted by atomic mass is 10.2. The first-order valence-corrected chi connectivity index (χ1v) is 5.30. The Morgan fingerprint density at radius 1 is 1.44 bits per heavy atom. The van der Waals surface area contributed by atoms with Gasteiger partial charge in [-0.05, 0) is 24.6 Å². The van der Waals surface area contributed by atoms with Gasteiger partial charge in [-0.1, -0.05) is 12.1 Å². The number of benzene rings is 1. The van der Waals surface area contributed by atoms with Crippen LogP contribution in [0.25, 0.3) is 0 Å². The Labute approximate surface area is 95.2 Å². The van der Waals surface area contributed by atoms with Crippen LogP contribution in [0.5, 0.6) is 5.75 Å². The Kier molecular flexibility index (Phi) is 5.36. The maximum atomic E-state index is 10.2. The molecule has 0 unspecified atom stereocenters. The molecule has 1 aromatic rings. The minimum Gasteiger partial charge on any atom is -0.492 e. The van der Waals surface area contributed by atoms with Gasteiger partial charge < -0.3 is 15.2 Å². The second-order valence-corrected chi connectivity index (χ2v) is 3.56. The topological polar surface area (TPSA) is 58.6 Å². The van der Waals surface area contributed by atoms with Crippen molar-refractivity contribution in [1.29, 1.82) is 0 Å². The molecule has 0 saturated carbocycles. The van der Waals surface area contributed by atoms with E-state index in [0.29, 0.717) is 19.7 Å². The van der Waals surface area contributed by atoms with Crippen LogP contribution in [0.15, 0.2) is 24.3 Å². The second kappa shape index (κ2) is 6.85. The van der Waals surface area contributed by atoms with Gasteiger partial charge in [0.2, 0.25) is 0 Å². The number of rotatable bonds is 7. The number of carboxylic acids is 1. The Balaban J connectivity index is 2.09. The lowest BCUT2D eigenvalue weighted by molar-refractivity contribution is -0.136. The van der Waals surface area contributed by atoms with Crippen molar-refractivity contribution in [2.45, 2.75) is 13.3 Å². The van der Waals surface area contributed by atoms with E-state index in [-0.39, 0.29) is 6.42 Å². The van der Waals surface area contributed by atoms with Crippen LogP contribution in [-0.4, -0.2) is 30.8 Å². The van der Waals surface area contributed by atoms with Gasteiger partial charge in [0.25, 0.3) is 0 Å². The lowest BCUT2D eigenvalue weighted by Crippen LogP contribution is -2.23. The maximum Gasteiger partial charge on any atom is 0.304 e. The summed E-state index contributed by atoms with van der Waals surface area (Å²) in [6.07, 6.45) is 0.143. The van der Waals surface area contributed by atoms with Crippen molar-refractivity contribution < 1.29 is 14.6 Å². The SMILES string of the molecule is Cc1cccc(OCCNCCC(=O)O)c1. The van der Waals surface area contributed by atoms with Crippen LogP contribution in [0, 0.1) is 6.92 Å². The lowest BCUT2D eigenvalue weighted by Gasteiger charge is -2.07. The molecule has 16 heavy (non-hydrogen) atoms. The molecule has 0 radical (unpaired) electrons. The molecule has 0 amide bonds. The summed E-state index contributed by atoms with van der Waals surface area (Å²) in [6.45, 7) is 3.69. The Morgan fingerprint density at radius 3 is 2.94 bits per heavy atom. The van der Waals surface area contributed by atoms with Crippen LogP contribution in [0.2, 0.25) is 0 Å². The summed E-state index contributed by atoms with van der Waals surface area (Å²) < 4.78 is 5.48. The Hall–Kier alpha value is -1.55. The molecule has 0 saturated heterocycles. The fourth-order valence-electron chi connectivity index (χ4n) is 1.27. The molecule has 0 aliphatic heterocycles. The molecule has 88 valence electrons. The van der Waals surface area contributed by atoms with Crippen molar-refractivity contribution in [2.24, 2.45) is 0 Å². The van der Waals surface area contributed by atoms with Crippen LogP contribution in [0.1, 0.15) is 12.0 Å². The molecule has 0 aromatic heterocycles. The normalized spacial score (nSPS) is 10.1. The van der Waals surface area contributed by atoms with Gasteiger partial charge in [-0.25, -0.2) is 0 Å². The monoisotopic (exact) mass is 223 g/mol. The number of nitrogens with one attached hydrogen (secondary N) is 1. The zero-order valence-electron chi connectivity index (χ0n) is 9.40. The van der Waals surface area contributed by atoms with E-state index in [1.54, 1.807) is 0 Å². The van der Waals surface area contributed by atoms with E-state index < -0.39 is 5.97 Å². The summed E-state index contributed by atoms with van der Waals surface area (Å²) in [6, 6.07) is 7.84. The van der Waals surface area contributed by atoms with E-state index in [9.17, 15) is 4.79 Å². The minimum atomic E-state index is -0.785. The first-order valence-electron chi connectivity index (χ1n) is 5.30. The number of ether oxygens (including phenoxy) is 1. The van der Waals surface area contributed by atoms with Gasteiger partial charge in [-0.15, -0.1) is 0 Å². The predicted octanol–water partition coefficient (Wildman–Crippen LogP) is 1.44. The molecule has 0 bridgehead atoms. The summed E-state index contributed by atoms with van der Waals surface area (Å²) in [7, 11) is 0. The molecular formula is C12H17NO3. The number of hydrogen-bond donors (Lipinski definition) is 2. The van der Waals surface area contributed by atoms with Crippen LogP contribution in [0.3, 0.4) is 0 Å². The van der Waals surface area contributed by atoms with Crippen molar-refractivity contribution in [1.82, 2.24) is 5.32 Å². The Bertz CT molecular complexity index is 339. The molecule has 0 fully saturated rings. The fraction of sp³-hybridized carbons (Fsp3) is 0.417. The van der Waals surface area contributed by atoms with Crippen molar-refractivity contribution in [2.75, 3.05) is 19.7 Å². The zero-order chi connectivity index (χ0) is 11.8. The third-order valence-corrected chi connectivity index (χ3v) is 2.05. The van der Waals surface area contributed by atoms with Gasteiger partial charge in [0.05, 0.1) is 6.42 Å².